The Morgan fingerprint density at radius 1 is 0.686 bits per heavy atom. The number of benzene rings is 5. The number of fused-ring (bicyclic) bond motifs is 10. The lowest BCUT2D eigenvalue weighted by Gasteiger charge is -2.56. The fourth-order valence-corrected chi connectivity index (χ4v) is 10.6. The summed E-state index contributed by atoms with van der Waals surface area (Å²) in [6.07, 6.45) is 13.2. The van der Waals surface area contributed by atoms with Crippen molar-refractivity contribution in [1.82, 2.24) is 0 Å². The molecular weight excluding hydrogens is 623 g/mol. The average Bonchev–Trinajstić information content (AvgIpc) is 3.46. The minimum atomic E-state index is -0.804. The molecule has 1 atom stereocenters. The van der Waals surface area contributed by atoms with Crippen molar-refractivity contribution in [3.05, 3.63) is 131 Å². The number of hydrogen-bond acceptors (Lipinski definition) is 3. The van der Waals surface area contributed by atoms with Gasteiger partial charge < -0.3 is 14.4 Å². The number of nitrogens with zero attached hydrogens (tertiary/aromatic N) is 1. The van der Waals surface area contributed by atoms with E-state index in [1.807, 2.05) is 0 Å². The number of anilines is 1. The summed E-state index contributed by atoms with van der Waals surface area (Å²) in [7, 11) is 5.94. The van der Waals surface area contributed by atoms with E-state index in [0.717, 1.165) is 46.5 Å². The molecule has 1 unspecified atom stereocenters. The number of methoxy groups -OCH3 is 1. The zero-order valence-electron chi connectivity index (χ0n) is 31.6. The van der Waals surface area contributed by atoms with Gasteiger partial charge in [-0.2, -0.15) is 0 Å². The van der Waals surface area contributed by atoms with E-state index in [0.29, 0.717) is 0 Å². The van der Waals surface area contributed by atoms with Crippen molar-refractivity contribution in [3.63, 3.8) is 0 Å². The first-order chi connectivity index (χ1) is 24.7. The van der Waals surface area contributed by atoms with Gasteiger partial charge in [0.05, 0.1) is 7.11 Å². The highest BCUT2D eigenvalue weighted by Gasteiger charge is 2.58. The van der Waals surface area contributed by atoms with Crippen LogP contribution >= 0.6 is 0 Å². The van der Waals surface area contributed by atoms with Crippen LogP contribution in [0.3, 0.4) is 0 Å². The predicted molar refractivity (Wildman–Crippen MR) is 214 cm³/mol. The molecule has 3 nitrogen and oxygen atoms in total. The second-order valence-corrected chi connectivity index (χ2v) is 16.0. The Hall–Kier alpha value is -4.50. The summed E-state index contributed by atoms with van der Waals surface area (Å²) >= 11 is 0. The molecule has 3 aliphatic rings. The van der Waals surface area contributed by atoms with Crippen molar-refractivity contribution >= 4 is 22.5 Å². The Morgan fingerprint density at radius 2 is 1.31 bits per heavy atom. The van der Waals surface area contributed by atoms with Crippen LogP contribution in [0.4, 0.5) is 5.69 Å². The largest absolute Gasteiger partial charge is 0.497 e. The van der Waals surface area contributed by atoms with Crippen LogP contribution in [0, 0.1) is 10.8 Å². The second kappa shape index (κ2) is 12.3. The molecule has 0 saturated heterocycles. The zero-order valence-corrected chi connectivity index (χ0v) is 31.6. The summed E-state index contributed by atoms with van der Waals surface area (Å²) in [5.74, 6) is 1.80. The molecule has 0 radical (unpaired) electrons. The maximum absolute atomic E-state index is 7.72. The molecule has 1 saturated carbocycles. The molecule has 3 heteroatoms. The summed E-state index contributed by atoms with van der Waals surface area (Å²) in [4.78, 5) is 2.15. The summed E-state index contributed by atoms with van der Waals surface area (Å²) in [6, 6.07) is 35.6. The van der Waals surface area contributed by atoms with Crippen LogP contribution in [0.2, 0.25) is 0 Å². The quantitative estimate of drug-likeness (QED) is 0.163. The standard InChI is InChI=1S/C48H53NO2/c1-8-45(9-2)30-46(10-3,11-4)32-47(31-45)41-20-16-15-19-38(41)42-37-26-25-36(50-7)29-40(37)44-39(43(42)47)27-28-48(51-44,33-17-13-12-14-18-33)34-21-23-35(24-22-34)49(5)6/h12-29H,8-11,30-32H2,1-7H3. The van der Waals surface area contributed by atoms with Crippen LogP contribution in [0.5, 0.6) is 11.5 Å². The van der Waals surface area contributed by atoms with E-state index in [4.69, 9.17) is 9.47 Å². The Morgan fingerprint density at radius 3 is 1.94 bits per heavy atom. The van der Waals surface area contributed by atoms with Gasteiger partial charge in [-0.25, -0.2) is 0 Å². The fraction of sp³-hybridized carbons (Fsp3) is 0.375. The highest BCUT2D eigenvalue weighted by molar-refractivity contribution is 6.09. The number of hydrogen-bond donors (Lipinski definition) is 0. The molecule has 2 aliphatic carbocycles. The number of ether oxygens (including phenoxy) is 2. The van der Waals surface area contributed by atoms with E-state index < -0.39 is 5.60 Å². The molecule has 51 heavy (non-hydrogen) atoms. The van der Waals surface area contributed by atoms with E-state index in [1.165, 1.54) is 65.3 Å². The Bertz CT molecular complexity index is 2100. The van der Waals surface area contributed by atoms with Crippen molar-refractivity contribution in [1.29, 1.82) is 0 Å². The van der Waals surface area contributed by atoms with Crippen molar-refractivity contribution in [2.75, 3.05) is 26.1 Å². The summed E-state index contributed by atoms with van der Waals surface area (Å²) in [5.41, 5.74) is 10.0. The Kier molecular flexibility index (Phi) is 8.13. The van der Waals surface area contributed by atoms with Crippen LogP contribution in [0.15, 0.2) is 103 Å². The SMILES string of the molecule is CCC1(CC)CC(CC)(CC)CC2(C1)c1ccccc1-c1c2c2c(c3cc(OC)ccc13)OC(c1ccccc1)(c1ccc(N(C)C)cc1)C=C2. The first-order valence-electron chi connectivity index (χ1n) is 19.2. The Labute approximate surface area is 305 Å². The minimum Gasteiger partial charge on any atom is -0.497 e. The van der Waals surface area contributed by atoms with Crippen LogP contribution in [-0.2, 0) is 11.0 Å². The van der Waals surface area contributed by atoms with E-state index in [2.05, 4.69) is 156 Å². The van der Waals surface area contributed by atoms with Gasteiger partial charge in [-0.1, -0.05) is 126 Å². The zero-order chi connectivity index (χ0) is 35.6. The maximum Gasteiger partial charge on any atom is 0.178 e. The monoisotopic (exact) mass is 675 g/mol. The fourth-order valence-electron chi connectivity index (χ4n) is 10.6. The molecule has 1 spiro atoms. The highest BCUT2D eigenvalue weighted by atomic mass is 16.5. The van der Waals surface area contributed by atoms with Gasteiger partial charge in [-0.15, -0.1) is 0 Å². The van der Waals surface area contributed by atoms with E-state index >= 15 is 0 Å². The Balaban J connectivity index is 1.47. The molecule has 0 N–H and O–H groups in total. The first-order valence-corrected chi connectivity index (χ1v) is 19.2. The normalized spacial score (nSPS) is 20.4. The third-order valence-corrected chi connectivity index (χ3v) is 13.6. The van der Waals surface area contributed by atoms with Crippen molar-refractivity contribution in [2.24, 2.45) is 10.8 Å². The molecule has 1 aliphatic heterocycles. The third kappa shape index (κ3) is 4.90. The van der Waals surface area contributed by atoms with Gasteiger partial charge >= 0.3 is 0 Å². The minimum absolute atomic E-state index is 0.117. The van der Waals surface area contributed by atoms with Gasteiger partial charge in [-0.3, -0.25) is 0 Å². The topological polar surface area (TPSA) is 21.7 Å². The van der Waals surface area contributed by atoms with Gasteiger partial charge in [0, 0.05) is 47.3 Å². The molecule has 8 rings (SSSR count). The second-order valence-electron chi connectivity index (χ2n) is 16.0. The number of rotatable bonds is 8. The van der Waals surface area contributed by atoms with Crippen LogP contribution in [-0.4, -0.2) is 21.2 Å². The van der Waals surface area contributed by atoms with Crippen molar-refractivity contribution in [3.8, 4) is 22.6 Å². The van der Waals surface area contributed by atoms with Crippen LogP contribution in [0.25, 0.3) is 28.0 Å². The molecular formula is C48H53NO2. The van der Waals surface area contributed by atoms with Gasteiger partial charge in [-0.05, 0) is 94.1 Å². The molecule has 1 heterocycles. The summed E-state index contributed by atoms with van der Waals surface area (Å²) in [6.45, 7) is 9.78. The van der Waals surface area contributed by atoms with Crippen LogP contribution < -0.4 is 14.4 Å². The lowest BCUT2D eigenvalue weighted by Crippen LogP contribution is -2.48. The molecule has 0 bridgehead atoms. The van der Waals surface area contributed by atoms with Crippen molar-refractivity contribution in [2.45, 2.75) is 83.7 Å². The highest BCUT2D eigenvalue weighted by Crippen LogP contribution is 2.69. The van der Waals surface area contributed by atoms with E-state index in [9.17, 15) is 0 Å². The molecule has 0 amide bonds. The molecule has 1 fully saturated rings. The average molecular weight is 676 g/mol. The van der Waals surface area contributed by atoms with E-state index in [1.54, 1.807) is 7.11 Å². The van der Waals surface area contributed by atoms with Gasteiger partial charge in [0.15, 0.2) is 5.60 Å². The lowest BCUT2D eigenvalue weighted by atomic mass is 9.48. The van der Waals surface area contributed by atoms with Crippen molar-refractivity contribution < 1.29 is 9.47 Å². The van der Waals surface area contributed by atoms with Gasteiger partial charge in [0.25, 0.3) is 0 Å². The molecule has 5 aromatic rings. The maximum atomic E-state index is 7.72. The summed E-state index contributed by atoms with van der Waals surface area (Å²) < 4.78 is 13.6. The van der Waals surface area contributed by atoms with Gasteiger partial charge in [0.2, 0.25) is 0 Å². The molecule has 262 valence electrons. The predicted octanol–water partition coefficient (Wildman–Crippen LogP) is 12.3. The third-order valence-electron chi connectivity index (χ3n) is 13.6. The summed E-state index contributed by atoms with van der Waals surface area (Å²) in [5, 5.41) is 2.35. The lowest BCUT2D eigenvalue weighted by molar-refractivity contribution is 0.00311. The smallest absolute Gasteiger partial charge is 0.178 e. The van der Waals surface area contributed by atoms with Crippen LogP contribution in [0.1, 0.15) is 100 Å². The van der Waals surface area contributed by atoms with E-state index in [-0.39, 0.29) is 16.2 Å². The first kappa shape index (κ1) is 33.6. The molecule has 0 aromatic heterocycles. The van der Waals surface area contributed by atoms with Gasteiger partial charge in [0.1, 0.15) is 11.5 Å². The molecule has 5 aromatic carbocycles.